The van der Waals surface area contributed by atoms with E-state index in [-0.39, 0.29) is 18.0 Å². The third kappa shape index (κ3) is 4.04. The SMILES string of the molecule is NC1CCc2ccc(-c3nnc(-c4cc(C(F)(F)F)cc(C(F)(F)F)c4)o3)cc2C1. The van der Waals surface area contributed by atoms with E-state index in [1.807, 2.05) is 6.07 Å². The van der Waals surface area contributed by atoms with Crippen LogP contribution in [-0.4, -0.2) is 16.2 Å². The highest BCUT2D eigenvalue weighted by Crippen LogP contribution is 2.39. The fourth-order valence-electron chi connectivity index (χ4n) is 3.45. The lowest BCUT2D eigenvalue weighted by molar-refractivity contribution is -0.143. The first-order chi connectivity index (χ1) is 14.0. The van der Waals surface area contributed by atoms with Crippen molar-refractivity contribution < 1.29 is 30.8 Å². The van der Waals surface area contributed by atoms with Gasteiger partial charge in [-0.15, -0.1) is 10.2 Å². The molecular formula is C20H15F6N3O. The first-order valence-corrected chi connectivity index (χ1v) is 9.02. The van der Waals surface area contributed by atoms with E-state index >= 15 is 0 Å². The van der Waals surface area contributed by atoms with Crippen LogP contribution in [0.15, 0.2) is 40.8 Å². The Kier molecular flexibility index (Phi) is 4.84. The molecule has 0 bridgehead atoms. The second kappa shape index (κ2) is 7.12. The van der Waals surface area contributed by atoms with Gasteiger partial charge in [0.05, 0.1) is 11.1 Å². The predicted molar refractivity (Wildman–Crippen MR) is 95.2 cm³/mol. The molecule has 0 saturated heterocycles. The minimum absolute atomic E-state index is 0.00193. The molecule has 0 saturated carbocycles. The Morgan fingerprint density at radius 2 is 1.40 bits per heavy atom. The van der Waals surface area contributed by atoms with E-state index < -0.39 is 34.9 Å². The van der Waals surface area contributed by atoms with Gasteiger partial charge in [-0.2, -0.15) is 26.3 Å². The fraction of sp³-hybridized carbons (Fsp3) is 0.300. The zero-order valence-electron chi connectivity index (χ0n) is 15.3. The summed E-state index contributed by atoms with van der Waals surface area (Å²) in [6.45, 7) is 0. The normalized spacial score (nSPS) is 17.1. The van der Waals surface area contributed by atoms with Crippen molar-refractivity contribution in [3.63, 3.8) is 0 Å². The van der Waals surface area contributed by atoms with Gasteiger partial charge in [-0.25, -0.2) is 0 Å². The Balaban J connectivity index is 1.73. The number of aromatic nitrogens is 2. The highest BCUT2D eigenvalue weighted by atomic mass is 19.4. The van der Waals surface area contributed by atoms with Gasteiger partial charge < -0.3 is 10.2 Å². The standard InChI is InChI=1S/C20H15F6N3O/c21-19(22,23)14-6-13(7-15(9-14)20(24,25)26)18-29-28-17(30-18)11-2-1-10-3-4-16(27)8-12(10)5-11/h1-2,5-7,9,16H,3-4,8,27H2. The van der Waals surface area contributed by atoms with Gasteiger partial charge >= 0.3 is 12.4 Å². The van der Waals surface area contributed by atoms with Crippen molar-refractivity contribution in [2.75, 3.05) is 0 Å². The molecule has 1 aliphatic rings. The van der Waals surface area contributed by atoms with Crippen LogP contribution in [0.4, 0.5) is 26.3 Å². The molecule has 0 fully saturated rings. The topological polar surface area (TPSA) is 64.9 Å². The summed E-state index contributed by atoms with van der Waals surface area (Å²) < 4.78 is 83.8. The minimum atomic E-state index is -4.96. The van der Waals surface area contributed by atoms with Crippen LogP contribution in [0.3, 0.4) is 0 Å². The average molecular weight is 427 g/mol. The molecule has 0 aliphatic heterocycles. The molecule has 0 spiro atoms. The van der Waals surface area contributed by atoms with E-state index in [0.717, 1.165) is 24.0 Å². The van der Waals surface area contributed by atoms with Crippen LogP contribution < -0.4 is 5.73 Å². The number of hydrogen-bond donors (Lipinski definition) is 1. The third-order valence-electron chi connectivity index (χ3n) is 4.98. The zero-order valence-corrected chi connectivity index (χ0v) is 15.3. The minimum Gasteiger partial charge on any atom is -0.416 e. The largest absolute Gasteiger partial charge is 0.416 e. The number of aryl methyl sites for hydroxylation is 1. The average Bonchev–Trinajstić information content (AvgIpc) is 3.16. The summed E-state index contributed by atoms with van der Waals surface area (Å²) in [5.41, 5.74) is 5.28. The molecular weight excluding hydrogens is 412 g/mol. The van der Waals surface area contributed by atoms with Crippen molar-refractivity contribution >= 4 is 0 Å². The van der Waals surface area contributed by atoms with E-state index in [0.29, 0.717) is 24.1 Å². The van der Waals surface area contributed by atoms with Crippen LogP contribution in [0.5, 0.6) is 0 Å². The third-order valence-corrected chi connectivity index (χ3v) is 4.98. The highest BCUT2D eigenvalue weighted by molar-refractivity contribution is 5.61. The Bertz CT molecular complexity index is 1050. The van der Waals surface area contributed by atoms with Gasteiger partial charge in [-0.1, -0.05) is 6.07 Å². The lowest BCUT2D eigenvalue weighted by Gasteiger charge is -2.21. The smallest absolute Gasteiger partial charge is 0.416 e. The number of halogens is 6. The predicted octanol–water partition coefficient (Wildman–Crippen LogP) is 5.26. The van der Waals surface area contributed by atoms with E-state index in [9.17, 15) is 26.3 Å². The first kappa shape index (κ1) is 20.4. The van der Waals surface area contributed by atoms with E-state index in [4.69, 9.17) is 10.2 Å². The summed E-state index contributed by atoms with van der Waals surface area (Å²) in [6.07, 6.45) is -7.57. The fourth-order valence-corrected chi connectivity index (χ4v) is 3.45. The van der Waals surface area contributed by atoms with Crippen LogP contribution in [0.2, 0.25) is 0 Å². The molecule has 0 amide bonds. The molecule has 30 heavy (non-hydrogen) atoms. The van der Waals surface area contributed by atoms with E-state index in [1.165, 1.54) is 0 Å². The maximum Gasteiger partial charge on any atom is 0.416 e. The second-order valence-corrected chi connectivity index (χ2v) is 7.19. The molecule has 1 aromatic heterocycles. The van der Waals surface area contributed by atoms with Gasteiger partial charge in [0.1, 0.15) is 0 Å². The number of hydrogen-bond acceptors (Lipinski definition) is 4. The van der Waals surface area contributed by atoms with Crippen molar-refractivity contribution in [2.24, 2.45) is 5.73 Å². The quantitative estimate of drug-likeness (QED) is 0.567. The monoisotopic (exact) mass is 427 g/mol. The Morgan fingerprint density at radius 3 is 2.00 bits per heavy atom. The van der Waals surface area contributed by atoms with Gasteiger partial charge in [0, 0.05) is 17.2 Å². The number of rotatable bonds is 2. The van der Waals surface area contributed by atoms with Crippen LogP contribution in [-0.2, 0) is 25.2 Å². The molecule has 2 N–H and O–H groups in total. The van der Waals surface area contributed by atoms with E-state index in [2.05, 4.69) is 10.2 Å². The molecule has 1 heterocycles. The maximum atomic E-state index is 13.1. The number of alkyl halides is 6. The van der Waals surface area contributed by atoms with Crippen molar-refractivity contribution in [3.05, 3.63) is 58.7 Å². The van der Waals surface area contributed by atoms with Gasteiger partial charge in [-0.3, -0.25) is 0 Å². The molecule has 2 aromatic carbocycles. The number of nitrogens with zero attached hydrogens (tertiary/aromatic N) is 2. The summed E-state index contributed by atoms with van der Waals surface area (Å²) in [7, 11) is 0. The number of nitrogens with two attached hydrogens (primary N) is 1. The first-order valence-electron chi connectivity index (χ1n) is 9.02. The van der Waals surface area contributed by atoms with Crippen LogP contribution in [0, 0.1) is 0 Å². The number of benzene rings is 2. The van der Waals surface area contributed by atoms with Gasteiger partial charge in [-0.05, 0) is 60.7 Å². The Morgan fingerprint density at radius 1 is 0.800 bits per heavy atom. The summed E-state index contributed by atoms with van der Waals surface area (Å²) in [5.74, 6) is -0.436. The van der Waals surface area contributed by atoms with Crippen LogP contribution >= 0.6 is 0 Å². The second-order valence-electron chi connectivity index (χ2n) is 7.19. The van der Waals surface area contributed by atoms with Crippen LogP contribution in [0.1, 0.15) is 28.7 Å². The van der Waals surface area contributed by atoms with Crippen molar-refractivity contribution in [1.29, 1.82) is 0 Å². The molecule has 4 nitrogen and oxygen atoms in total. The lowest BCUT2D eigenvalue weighted by atomic mass is 9.87. The zero-order chi connectivity index (χ0) is 21.7. The molecule has 158 valence electrons. The highest BCUT2D eigenvalue weighted by Gasteiger charge is 2.37. The molecule has 3 aromatic rings. The summed E-state index contributed by atoms with van der Waals surface area (Å²) in [6, 6.07) is 6.59. The molecule has 4 rings (SSSR count). The Hall–Kier alpha value is -2.88. The molecule has 1 unspecified atom stereocenters. The van der Waals surface area contributed by atoms with Gasteiger partial charge in [0.15, 0.2) is 0 Å². The lowest BCUT2D eigenvalue weighted by Crippen LogP contribution is -2.27. The molecule has 0 radical (unpaired) electrons. The van der Waals surface area contributed by atoms with Gasteiger partial charge in [0.25, 0.3) is 0 Å². The van der Waals surface area contributed by atoms with Gasteiger partial charge in [0.2, 0.25) is 11.8 Å². The van der Waals surface area contributed by atoms with Crippen LogP contribution in [0.25, 0.3) is 22.9 Å². The van der Waals surface area contributed by atoms with E-state index in [1.54, 1.807) is 12.1 Å². The maximum absolute atomic E-state index is 13.1. The summed E-state index contributed by atoms with van der Waals surface area (Å²) in [4.78, 5) is 0. The number of fused-ring (bicyclic) bond motifs is 1. The molecule has 1 aliphatic carbocycles. The van der Waals surface area contributed by atoms with Crippen molar-refractivity contribution in [3.8, 4) is 22.9 Å². The summed E-state index contributed by atoms with van der Waals surface area (Å²) >= 11 is 0. The van der Waals surface area contributed by atoms with Crippen molar-refractivity contribution in [2.45, 2.75) is 37.7 Å². The molecule has 1 atom stereocenters. The Labute approximate surface area is 166 Å². The van der Waals surface area contributed by atoms with Crippen molar-refractivity contribution in [1.82, 2.24) is 10.2 Å². The summed E-state index contributed by atoms with van der Waals surface area (Å²) in [5, 5.41) is 7.46. The molecule has 10 heteroatoms.